The summed E-state index contributed by atoms with van der Waals surface area (Å²) in [7, 11) is 3.09. The molecule has 0 aliphatic carbocycles. The smallest absolute Gasteiger partial charge is 0.253 e. The Hall–Kier alpha value is -3.55. The van der Waals surface area contributed by atoms with Gasteiger partial charge in [-0.15, -0.1) is 0 Å². The number of piperidine rings is 1. The van der Waals surface area contributed by atoms with E-state index in [2.05, 4.69) is 10.5 Å². The van der Waals surface area contributed by atoms with E-state index in [9.17, 15) is 9.59 Å². The predicted molar refractivity (Wildman–Crippen MR) is 122 cm³/mol. The lowest BCUT2D eigenvalue weighted by molar-refractivity contribution is -0.126. The normalized spacial score (nSPS) is 14.3. The summed E-state index contributed by atoms with van der Waals surface area (Å²) in [6.45, 7) is 3.47. The molecule has 8 heteroatoms. The highest BCUT2D eigenvalue weighted by Gasteiger charge is 2.28. The van der Waals surface area contributed by atoms with Crippen molar-refractivity contribution in [3.63, 3.8) is 0 Å². The number of likely N-dealkylation sites (tertiary alicyclic amines) is 1. The first-order valence-electron chi connectivity index (χ1n) is 10.6. The van der Waals surface area contributed by atoms with Crippen molar-refractivity contribution in [1.82, 2.24) is 10.3 Å². The third-order valence-corrected chi connectivity index (χ3v) is 5.38. The fourth-order valence-corrected chi connectivity index (χ4v) is 3.63. The fourth-order valence-electron chi connectivity index (χ4n) is 3.63. The van der Waals surface area contributed by atoms with Crippen LogP contribution in [-0.2, 0) is 4.79 Å². The third kappa shape index (κ3) is 5.57. The Labute approximate surface area is 188 Å². The lowest BCUT2D eigenvalue weighted by Crippen LogP contribution is -2.42. The molecule has 8 nitrogen and oxygen atoms in total. The second-order valence-corrected chi connectivity index (χ2v) is 7.34. The Balaban J connectivity index is 1.53. The van der Waals surface area contributed by atoms with Crippen LogP contribution < -0.4 is 19.6 Å². The van der Waals surface area contributed by atoms with Crippen LogP contribution in [0.25, 0.3) is 0 Å². The Kier molecular flexibility index (Phi) is 8.08. The average molecular weight is 440 g/mol. The first kappa shape index (κ1) is 23.1. The van der Waals surface area contributed by atoms with Crippen molar-refractivity contribution < 1.29 is 23.8 Å². The molecular formula is C24H29N3O5. The molecule has 1 aliphatic heterocycles. The number of carbonyl (C=O) groups is 2. The average Bonchev–Trinajstić information content (AvgIpc) is 2.84. The summed E-state index contributed by atoms with van der Waals surface area (Å²) in [6, 6.07) is 12.6. The van der Waals surface area contributed by atoms with Crippen molar-refractivity contribution >= 4 is 18.0 Å². The fraction of sp³-hybridized carbons (Fsp3) is 0.375. The van der Waals surface area contributed by atoms with E-state index in [0.29, 0.717) is 49.6 Å². The summed E-state index contributed by atoms with van der Waals surface area (Å²) in [5.41, 5.74) is 3.94. The molecule has 1 heterocycles. The zero-order valence-electron chi connectivity index (χ0n) is 18.7. The Morgan fingerprint density at radius 1 is 1.06 bits per heavy atom. The van der Waals surface area contributed by atoms with Crippen LogP contribution in [0, 0.1) is 5.92 Å². The van der Waals surface area contributed by atoms with E-state index in [-0.39, 0.29) is 17.7 Å². The SMILES string of the molecule is CCOc1ccccc1/C=N\NC(=O)C1CCN(C(=O)c2ccc(OC)c(OC)c2)CC1. The summed E-state index contributed by atoms with van der Waals surface area (Å²) in [5.74, 6) is 1.38. The molecule has 1 aliphatic rings. The van der Waals surface area contributed by atoms with Gasteiger partial charge in [-0.3, -0.25) is 9.59 Å². The van der Waals surface area contributed by atoms with Gasteiger partial charge in [-0.25, -0.2) is 5.43 Å². The number of amides is 2. The van der Waals surface area contributed by atoms with Gasteiger partial charge >= 0.3 is 0 Å². The van der Waals surface area contributed by atoms with E-state index in [4.69, 9.17) is 14.2 Å². The lowest BCUT2D eigenvalue weighted by Gasteiger charge is -2.31. The number of nitrogens with zero attached hydrogens (tertiary/aromatic N) is 2. The number of carbonyl (C=O) groups excluding carboxylic acids is 2. The molecule has 3 rings (SSSR count). The zero-order valence-corrected chi connectivity index (χ0v) is 18.7. The van der Waals surface area contributed by atoms with E-state index < -0.39 is 0 Å². The van der Waals surface area contributed by atoms with Crippen molar-refractivity contribution in [2.24, 2.45) is 11.0 Å². The van der Waals surface area contributed by atoms with Gasteiger partial charge in [0.25, 0.3) is 5.91 Å². The maximum absolute atomic E-state index is 12.9. The van der Waals surface area contributed by atoms with Crippen LogP contribution in [0.15, 0.2) is 47.6 Å². The van der Waals surface area contributed by atoms with Crippen LogP contribution in [0.3, 0.4) is 0 Å². The van der Waals surface area contributed by atoms with Gasteiger partial charge in [0.05, 0.1) is 27.0 Å². The summed E-state index contributed by atoms with van der Waals surface area (Å²) < 4.78 is 16.1. The van der Waals surface area contributed by atoms with Gasteiger partial charge in [-0.05, 0) is 50.1 Å². The van der Waals surface area contributed by atoms with Crippen LogP contribution in [0.4, 0.5) is 0 Å². The van der Waals surface area contributed by atoms with Gasteiger partial charge in [-0.2, -0.15) is 5.10 Å². The summed E-state index contributed by atoms with van der Waals surface area (Å²) in [4.78, 5) is 27.1. The molecule has 2 aromatic rings. The third-order valence-electron chi connectivity index (χ3n) is 5.38. The molecule has 2 amide bonds. The number of para-hydroxylation sites is 1. The molecule has 1 N–H and O–H groups in total. The number of ether oxygens (including phenoxy) is 3. The van der Waals surface area contributed by atoms with Crippen molar-refractivity contribution in [3.05, 3.63) is 53.6 Å². The second kappa shape index (κ2) is 11.2. The largest absolute Gasteiger partial charge is 0.493 e. The molecule has 0 aromatic heterocycles. The number of nitrogens with one attached hydrogen (secondary N) is 1. The highest BCUT2D eigenvalue weighted by Crippen LogP contribution is 2.29. The number of benzene rings is 2. The maximum atomic E-state index is 12.9. The van der Waals surface area contributed by atoms with Gasteiger partial charge < -0.3 is 19.1 Å². The quantitative estimate of drug-likeness (QED) is 0.504. The van der Waals surface area contributed by atoms with Gasteiger partial charge in [0.1, 0.15) is 5.75 Å². The standard InChI is InChI=1S/C24H29N3O5/c1-4-32-20-8-6-5-7-19(20)16-25-26-23(28)17-11-13-27(14-12-17)24(29)18-9-10-21(30-2)22(15-18)31-3/h5-10,15-17H,4,11-14H2,1-3H3,(H,26,28)/b25-16-. The van der Waals surface area contributed by atoms with E-state index in [1.807, 2.05) is 31.2 Å². The van der Waals surface area contributed by atoms with Gasteiger partial charge in [0, 0.05) is 30.1 Å². The van der Waals surface area contributed by atoms with Crippen molar-refractivity contribution in [1.29, 1.82) is 0 Å². The minimum Gasteiger partial charge on any atom is -0.493 e. The minimum atomic E-state index is -0.191. The van der Waals surface area contributed by atoms with E-state index in [1.165, 1.54) is 7.11 Å². The van der Waals surface area contributed by atoms with Crippen LogP contribution >= 0.6 is 0 Å². The Morgan fingerprint density at radius 2 is 1.78 bits per heavy atom. The van der Waals surface area contributed by atoms with E-state index in [0.717, 1.165) is 11.3 Å². The lowest BCUT2D eigenvalue weighted by atomic mass is 9.95. The molecular weight excluding hydrogens is 410 g/mol. The second-order valence-electron chi connectivity index (χ2n) is 7.34. The number of hydrogen-bond donors (Lipinski definition) is 1. The number of hydrazone groups is 1. The maximum Gasteiger partial charge on any atom is 0.253 e. The predicted octanol–water partition coefficient (Wildman–Crippen LogP) is 3.11. The molecule has 0 bridgehead atoms. The van der Waals surface area contributed by atoms with Gasteiger partial charge in [0.15, 0.2) is 11.5 Å². The number of rotatable bonds is 8. The van der Waals surface area contributed by atoms with E-state index in [1.54, 1.807) is 36.4 Å². The molecule has 0 spiro atoms. The van der Waals surface area contributed by atoms with Crippen LogP contribution in [0.1, 0.15) is 35.7 Å². The topological polar surface area (TPSA) is 89.5 Å². The molecule has 170 valence electrons. The van der Waals surface area contributed by atoms with Crippen molar-refractivity contribution in [3.8, 4) is 17.2 Å². The first-order valence-corrected chi connectivity index (χ1v) is 10.6. The van der Waals surface area contributed by atoms with E-state index >= 15 is 0 Å². The van der Waals surface area contributed by atoms with Crippen LogP contribution in [0.5, 0.6) is 17.2 Å². The number of hydrogen-bond acceptors (Lipinski definition) is 6. The van der Waals surface area contributed by atoms with Crippen molar-refractivity contribution in [2.45, 2.75) is 19.8 Å². The number of methoxy groups -OCH3 is 2. The molecule has 0 atom stereocenters. The summed E-state index contributed by atoms with van der Waals surface area (Å²) in [6.07, 6.45) is 2.74. The molecule has 0 saturated carbocycles. The Bertz CT molecular complexity index is 968. The van der Waals surface area contributed by atoms with Gasteiger partial charge in [-0.1, -0.05) is 12.1 Å². The first-order chi connectivity index (χ1) is 15.6. The summed E-state index contributed by atoms with van der Waals surface area (Å²) >= 11 is 0. The Morgan fingerprint density at radius 3 is 2.47 bits per heavy atom. The molecule has 1 saturated heterocycles. The minimum absolute atomic E-state index is 0.0876. The molecule has 0 radical (unpaired) electrons. The van der Waals surface area contributed by atoms with Crippen LogP contribution in [0.2, 0.25) is 0 Å². The molecule has 2 aromatic carbocycles. The summed E-state index contributed by atoms with van der Waals surface area (Å²) in [5, 5.41) is 4.09. The van der Waals surface area contributed by atoms with Gasteiger partial charge in [0.2, 0.25) is 5.91 Å². The molecule has 1 fully saturated rings. The molecule has 0 unspecified atom stereocenters. The monoisotopic (exact) mass is 439 g/mol. The highest BCUT2D eigenvalue weighted by molar-refractivity contribution is 5.95. The highest BCUT2D eigenvalue weighted by atomic mass is 16.5. The van der Waals surface area contributed by atoms with Crippen LogP contribution in [-0.4, -0.2) is 56.8 Å². The molecule has 32 heavy (non-hydrogen) atoms. The zero-order chi connectivity index (χ0) is 22.9. The van der Waals surface area contributed by atoms with Crippen molar-refractivity contribution in [2.75, 3.05) is 33.9 Å².